The van der Waals surface area contributed by atoms with E-state index in [2.05, 4.69) is 62.5 Å². The Bertz CT molecular complexity index is 1210. The first-order valence-corrected chi connectivity index (χ1v) is 22.3. The molecule has 0 bridgehead atoms. The number of hydrogen-bond donors (Lipinski definition) is 4. The lowest BCUT2D eigenvalue weighted by Crippen LogP contribution is -2.60. The molecule has 1 rings (SSSR count). The van der Waals surface area contributed by atoms with E-state index in [-0.39, 0.29) is 19.4 Å². The second kappa shape index (κ2) is 32.7. The Kier molecular flexibility index (Phi) is 30.1. The Labute approximate surface area is 331 Å². The minimum Gasteiger partial charge on any atom is -0.462 e. The van der Waals surface area contributed by atoms with Gasteiger partial charge in [0.1, 0.15) is 36.8 Å². The summed E-state index contributed by atoms with van der Waals surface area (Å²) in [5.41, 5.74) is 0. The number of hydrogen-bond acceptors (Lipinski definition) is 11. The maximum absolute atomic E-state index is 12.7. The lowest BCUT2D eigenvalue weighted by Gasteiger charge is -2.40. The average molecular weight is 801 g/mol. The first kappa shape index (κ1) is 50.6. The van der Waals surface area contributed by atoms with Crippen molar-refractivity contribution in [2.45, 2.75) is 185 Å². The van der Waals surface area contributed by atoms with Crippen LogP contribution in [0.3, 0.4) is 0 Å². The Hall–Kier alpha value is -2.39. The molecule has 318 valence electrons. The molecule has 6 atom stereocenters. The van der Waals surface area contributed by atoms with Gasteiger partial charge in [0.2, 0.25) is 0 Å². The van der Waals surface area contributed by atoms with Crippen molar-refractivity contribution in [1.82, 2.24) is 0 Å². The quantitative estimate of drug-likeness (QED) is 0.0221. The van der Waals surface area contributed by atoms with E-state index in [4.69, 9.17) is 18.9 Å². The molecule has 1 fully saturated rings. The van der Waals surface area contributed by atoms with E-state index in [1.54, 1.807) is 0 Å². The smallest absolute Gasteiger partial charge is 0.306 e. The summed E-state index contributed by atoms with van der Waals surface area (Å²) in [6, 6.07) is 0. The van der Waals surface area contributed by atoms with E-state index < -0.39 is 71.2 Å². The van der Waals surface area contributed by atoms with Gasteiger partial charge in [0.25, 0.3) is 10.1 Å². The lowest BCUT2D eigenvalue weighted by molar-refractivity contribution is -0.297. The molecule has 0 spiro atoms. The highest BCUT2D eigenvalue weighted by atomic mass is 32.2. The summed E-state index contributed by atoms with van der Waals surface area (Å²) in [5, 5.41) is 30.8. The zero-order valence-electron chi connectivity index (χ0n) is 33.5. The Morgan fingerprint density at radius 1 is 0.618 bits per heavy atom. The molecule has 0 aromatic rings. The summed E-state index contributed by atoms with van der Waals surface area (Å²) >= 11 is 0. The van der Waals surface area contributed by atoms with E-state index in [0.29, 0.717) is 12.8 Å². The monoisotopic (exact) mass is 800 g/mol. The summed E-state index contributed by atoms with van der Waals surface area (Å²) in [6.07, 6.45) is 27.4. The van der Waals surface area contributed by atoms with Gasteiger partial charge in [-0.15, -0.1) is 0 Å². The van der Waals surface area contributed by atoms with E-state index in [0.717, 1.165) is 70.6 Å². The maximum atomic E-state index is 12.7. The van der Waals surface area contributed by atoms with Crippen molar-refractivity contribution in [2.24, 2.45) is 0 Å². The summed E-state index contributed by atoms with van der Waals surface area (Å²) in [5.74, 6) is -2.05. The SMILES string of the molecule is CCCCC/C=C/C/C=C/C/C=C/CCCCC(=O)OC[C@H](CO[C@H]1O[C@H](CS(=O)(=O)O)[C@@H](O)C(O)C1O)OC(=O)CCCCCCC/C=C/CCCCC. The molecule has 0 amide bonds. The van der Waals surface area contributed by atoms with E-state index in [1.807, 2.05) is 0 Å². The van der Waals surface area contributed by atoms with Crippen molar-refractivity contribution in [2.75, 3.05) is 19.0 Å². The predicted octanol–water partition coefficient (Wildman–Crippen LogP) is 7.61. The number of aliphatic hydroxyl groups excluding tert-OH is 3. The van der Waals surface area contributed by atoms with E-state index >= 15 is 0 Å². The molecule has 1 heterocycles. The number of carbonyl (C=O) groups is 2. The summed E-state index contributed by atoms with van der Waals surface area (Å²) < 4.78 is 53.8. The third-order valence-corrected chi connectivity index (χ3v) is 9.88. The molecule has 1 saturated heterocycles. The van der Waals surface area contributed by atoms with Gasteiger partial charge in [0.15, 0.2) is 12.4 Å². The van der Waals surface area contributed by atoms with Crippen molar-refractivity contribution in [3.63, 3.8) is 0 Å². The van der Waals surface area contributed by atoms with Gasteiger partial charge in [-0.1, -0.05) is 107 Å². The topological polar surface area (TPSA) is 186 Å². The molecule has 12 nitrogen and oxygen atoms in total. The first-order chi connectivity index (χ1) is 26.5. The highest BCUT2D eigenvalue weighted by Gasteiger charge is 2.46. The number of ether oxygens (including phenoxy) is 4. The Morgan fingerprint density at radius 3 is 1.67 bits per heavy atom. The second-order valence-electron chi connectivity index (χ2n) is 14.3. The van der Waals surface area contributed by atoms with Crippen molar-refractivity contribution in [1.29, 1.82) is 0 Å². The summed E-state index contributed by atoms with van der Waals surface area (Å²) in [7, 11) is -4.60. The predicted molar refractivity (Wildman–Crippen MR) is 215 cm³/mol. The molecule has 0 radical (unpaired) electrons. The van der Waals surface area contributed by atoms with Crippen LogP contribution in [-0.2, 0) is 38.7 Å². The molecule has 0 saturated carbocycles. The molecule has 0 aromatic heterocycles. The molecule has 1 aliphatic heterocycles. The molecule has 13 heteroatoms. The third-order valence-electron chi connectivity index (χ3n) is 9.13. The fraction of sp³-hybridized carbons (Fsp3) is 0.762. The number of rotatable bonds is 33. The number of esters is 2. The number of unbranched alkanes of at least 4 members (excludes halogenated alkanes) is 13. The zero-order valence-corrected chi connectivity index (χ0v) is 34.3. The second-order valence-corrected chi connectivity index (χ2v) is 15.8. The molecule has 0 aliphatic carbocycles. The fourth-order valence-electron chi connectivity index (χ4n) is 5.85. The molecular weight excluding hydrogens is 729 g/mol. The van der Waals surface area contributed by atoms with E-state index in [9.17, 15) is 37.9 Å². The van der Waals surface area contributed by atoms with Crippen LogP contribution in [-0.4, -0.2) is 96.0 Å². The maximum Gasteiger partial charge on any atom is 0.306 e. The highest BCUT2D eigenvalue weighted by molar-refractivity contribution is 7.85. The van der Waals surface area contributed by atoms with Crippen LogP contribution in [0.1, 0.15) is 149 Å². The van der Waals surface area contributed by atoms with Gasteiger partial charge in [-0.25, -0.2) is 0 Å². The van der Waals surface area contributed by atoms with Crippen molar-refractivity contribution < 1.29 is 56.8 Å². The average Bonchev–Trinajstić information content (AvgIpc) is 3.14. The minimum atomic E-state index is -4.60. The molecule has 0 aromatic carbocycles. The van der Waals surface area contributed by atoms with Gasteiger partial charge in [0.05, 0.1) is 6.61 Å². The van der Waals surface area contributed by atoms with E-state index in [1.165, 1.54) is 38.5 Å². The van der Waals surface area contributed by atoms with Crippen LogP contribution >= 0.6 is 0 Å². The number of carbonyl (C=O) groups excluding carboxylic acids is 2. The van der Waals surface area contributed by atoms with Crippen LogP contribution in [0.2, 0.25) is 0 Å². The minimum absolute atomic E-state index is 0.144. The van der Waals surface area contributed by atoms with Crippen LogP contribution < -0.4 is 0 Å². The van der Waals surface area contributed by atoms with Crippen LogP contribution in [0.5, 0.6) is 0 Å². The Balaban J connectivity index is 2.53. The molecular formula is C42H72O12S. The zero-order chi connectivity index (χ0) is 40.6. The first-order valence-electron chi connectivity index (χ1n) is 20.7. The number of allylic oxidation sites excluding steroid dienone is 8. The van der Waals surface area contributed by atoms with Crippen LogP contribution in [0.25, 0.3) is 0 Å². The van der Waals surface area contributed by atoms with Gasteiger partial charge in [-0.3, -0.25) is 14.1 Å². The normalized spacial score (nSPS) is 21.3. The number of aliphatic hydroxyl groups is 3. The third kappa shape index (κ3) is 27.8. The summed E-state index contributed by atoms with van der Waals surface area (Å²) in [4.78, 5) is 25.3. The van der Waals surface area contributed by atoms with Gasteiger partial charge >= 0.3 is 11.9 Å². The van der Waals surface area contributed by atoms with Crippen molar-refractivity contribution in [3.05, 3.63) is 48.6 Å². The van der Waals surface area contributed by atoms with Crippen molar-refractivity contribution >= 4 is 22.1 Å². The molecule has 55 heavy (non-hydrogen) atoms. The lowest BCUT2D eigenvalue weighted by atomic mass is 10.00. The standard InChI is InChI=1S/C42H72O12S/c1-3-5-7-9-11-13-15-17-18-19-21-22-24-26-28-30-37(43)51-32-35(33-52-42-41(47)40(46)39(45)36(54-42)34-55(48,49)50)53-38(44)31-29-27-25-23-20-16-14-12-10-8-6-4-2/h11-14,17-18,21-22,35-36,39-42,45-47H,3-10,15-16,19-20,23-34H2,1-2H3,(H,48,49,50)/b13-11+,14-12+,18-17+,22-21+/t35-,36-,39-,40?,41?,42+/m1/s1. The van der Waals surface area contributed by atoms with Gasteiger partial charge in [-0.05, 0) is 77.0 Å². The fourth-order valence-corrected chi connectivity index (χ4v) is 6.54. The van der Waals surface area contributed by atoms with Gasteiger partial charge in [0, 0.05) is 12.8 Å². The summed E-state index contributed by atoms with van der Waals surface area (Å²) in [6.45, 7) is 3.64. The largest absolute Gasteiger partial charge is 0.462 e. The van der Waals surface area contributed by atoms with Gasteiger partial charge < -0.3 is 34.3 Å². The van der Waals surface area contributed by atoms with Crippen LogP contribution in [0, 0.1) is 0 Å². The van der Waals surface area contributed by atoms with Gasteiger partial charge in [-0.2, -0.15) is 8.42 Å². The van der Waals surface area contributed by atoms with Crippen LogP contribution in [0.15, 0.2) is 48.6 Å². The van der Waals surface area contributed by atoms with Crippen molar-refractivity contribution in [3.8, 4) is 0 Å². The molecule has 4 N–H and O–H groups in total. The molecule has 1 aliphatic rings. The molecule has 2 unspecified atom stereocenters. The highest BCUT2D eigenvalue weighted by Crippen LogP contribution is 2.24. The Morgan fingerprint density at radius 2 is 1.09 bits per heavy atom. The van der Waals surface area contributed by atoms with Crippen LogP contribution in [0.4, 0.5) is 0 Å².